The van der Waals surface area contributed by atoms with Crippen molar-refractivity contribution in [2.24, 2.45) is 5.92 Å². The molecule has 1 fully saturated rings. The number of nitrogens with two attached hydrogens (primary N) is 1. The molecule has 0 saturated heterocycles. The third kappa shape index (κ3) is 3.26. The van der Waals surface area contributed by atoms with Crippen molar-refractivity contribution >= 4 is 15.7 Å². The molecule has 1 aromatic rings. The lowest BCUT2D eigenvalue weighted by atomic mass is 10.1. The first kappa shape index (κ1) is 14.3. The maximum absolute atomic E-state index is 12.1. The first-order chi connectivity index (χ1) is 8.81. The molecule has 0 bridgehead atoms. The molecule has 19 heavy (non-hydrogen) atoms. The fourth-order valence-corrected chi connectivity index (χ4v) is 3.10. The zero-order valence-corrected chi connectivity index (χ0v) is 12.0. The fourth-order valence-electron chi connectivity index (χ4n) is 1.93. The maximum Gasteiger partial charge on any atom is 0.240 e. The number of hydrogen-bond donors (Lipinski definition) is 3. The van der Waals surface area contributed by atoms with Gasteiger partial charge in [0.2, 0.25) is 10.0 Å². The molecule has 1 aromatic carbocycles. The van der Waals surface area contributed by atoms with Gasteiger partial charge in [-0.3, -0.25) is 0 Å². The van der Waals surface area contributed by atoms with E-state index in [4.69, 9.17) is 5.73 Å². The van der Waals surface area contributed by atoms with Crippen molar-refractivity contribution < 1.29 is 13.5 Å². The van der Waals surface area contributed by atoms with Crippen LogP contribution >= 0.6 is 0 Å². The molecular weight excluding hydrogens is 264 g/mol. The fraction of sp³-hybridized carbons (Fsp3) is 0.538. The van der Waals surface area contributed by atoms with Crippen molar-refractivity contribution in [1.29, 1.82) is 0 Å². The molecule has 0 aromatic heterocycles. The molecule has 4 N–H and O–H groups in total. The molecule has 6 heteroatoms. The summed E-state index contributed by atoms with van der Waals surface area (Å²) in [6.07, 6.45) is 1.34. The van der Waals surface area contributed by atoms with Crippen molar-refractivity contribution in [2.75, 3.05) is 12.3 Å². The SMILES string of the molecule is Cc1cc(S(=O)(=O)NCC(O)C2CC2)cc(N)c1C. The van der Waals surface area contributed by atoms with Crippen molar-refractivity contribution in [2.45, 2.75) is 37.7 Å². The summed E-state index contributed by atoms with van der Waals surface area (Å²) in [6, 6.07) is 3.05. The Balaban J connectivity index is 2.14. The maximum atomic E-state index is 12.1. The summed E-state index contributed by atoms with van der Waals surface area (Å²) in [5, 5.41) is 9.70. The highest BCUT2D eigenvalue weighted by Crippen LogP contribution is 2.32. The molecule has 0 heterocycles. The van der Waals surface area contributed by atoms with Crippen molar-refractivity contribution in [1.82, 2.24) is 4.72 Å². The van der Waals surface area contributed by atoms with Crippen LogP contribution < -0.4 is 10.5 Å². The lowest BCUT2D eigenvalue weighted by Crippen LogP contribution is -2.33. The van der Waals surface area contributed by atoms with Gasteiger partial charge in [-0.2, -0.15) is 0 Å². The predicted octanol–water partition coefficient (Wildman–Crippen LogP) is 0.935. The standard InChI is InChI=1S/C13H20N2O3S/c1-8-5-11(6-12(14)9(8)2)19(17,18)15-7-13(16)10-3-4-10/h5-6,10,13,15-16H,3-4,7,14H2,1-2H3. The Kier molecular flexibility index (Phi) is 3.85. The van der Waals surface area contributed by atoms with E-state index in [9.17, 15) is 13.5 Å². The van der Waals surface area contributed by atoms with Gasteiger partial charge in [0.25, 0.3) is 0 Å². The van der Waals surface area contributed by atoms with Gasteiger partial charge in [0, 0.05) is 12.2 Å². The minimum absolute atomic E-state index is 0.0554. The molecule has 5 nitrogen and oxygen atoms in total. The lowest BCUT2D eigenvalue weighted by Gasteiger charge is -2.13. The minimum atomic E-state index is -3.61. The van der Waals surface area contributed by atoms with Crippen LogP contribution in [0.2, 0.25) is 0 Å². The van der Waals surface area contributed by atoms with E-state index < -0.39 is 16.1 Å². The zero-order valence-electron chi connectivity index (χ0n) is 11.2. The van der Waals surface area contributed by atoms with E-state index in [1.54, 1.807) is 6.07 Å². The molecule has 2 rings (SSSR count). The number of benzene rings is 1. The number of aliphatic hydroxyl groups excluding tert-OH is 1. The Labute approximate surface area is 113 Å². The number of anilines is 1. The van der Waals surface area contributed by atoms with Crippen LogP contribution in [-0.4, -0.2) is 26.2 Å². The Hall–Kier alpha value is -1.11. The van der Waals surface area contributed by atoms with E-state index in [0.29, 0.717) is 5.69 Å². The summed E-state index contributed by atoms with van der Waals surface area (Å²) in [5.41, 5.74) is 7.97. The van der Waals surface area contributed by atoms with Crippen LogP contribution in [-0.2, 0) is 10.0 Å². The molecule has 1 atom stereocenters. The molecule has 0 aliphatic heterocycles. The largest absolute Gasteiger partial charge is 0.398 e. The molecule has 1 aliphatic rings. The third-order valence-electron chi connectivity index (χ3n) is 3.64. The van der Waals surface area contributed by atoms with E-state index >= 15 is 0 Å². The molecule has 106 valence electrons. The number of rotatable bonds is 5. The van der Waals surface area contributed by atoms with Gasteiger partial charge in [-0.05, 0) is 55.9 Å². The minimum Gasteiger partial charge on any atom is -0.398 e. The van der Waals surface area contributed by atoms with Crippen molar-refractivity contribution in [3.05, 3.63) is 23.3 Å². The monoisotopic (exact) mass is 284 g/mol. The summed E-state index contributed by atoms with van der Waals surface area (Å²) in [5.74, 6) is 0.243. The van der Waals surface area contributed by atoms with Crippen molar-refractivity contribution in [3.63, 3.8) is 0 Å². The second-order valence-electron chi connectivity index (χ2n) is 5.21. The number of hydrogen-bond acceptors (Lipinski definition) is 4. The average molecular weight is 284 g/mol. The van der Waals surface area contributed by atoms with Gasteiger partial charge in [-0.15, -0.1) is 0 Å². The summed E-state index contributed by atoms with van der Waals surface area (Å²) in [4.78, 5) is 0.149. The summed E-state index contributed by atoms with van der Waals surface area (Å²) in [6.45, 7) is 3.73. The smallest absolute Gasteiger partial charge is 0.240 e. The number of aliphatic hydroxyl groups is 1. The van der Waals surface area contributed by atoms with Gasteiger partial charge in [0.05, 0.1) is 11.0 Å². The Morgan fingerprint density at radius 3 is 2.58 bits per heavy atom. The van der Waals surface area contributed by atoms with Gasteiger partial charge in [0.15, 0.2) is 0 Å². The van der Waals surface area contributed by atoms with Crippen LogP contribution in [0.1, 0.15) is 24.0 Å². The van der Waals surface area contributed by atoms with Gasteiger partial charge in [-0.1, -0.05) is 0 Å². The first-order valence-electron chi connectivity index (χ1n) is 6.35. The van der Waals surface area contributed by atoms with Crippen molar-refractivity contribution in [3.8, 4) is 0 Å². The number of sulfonamides is 1. The predicted molar refractivity (Wildman–Crippen MR) is 74.2 cm³/mol. The van der Waals surface area contributed by atoms with Crippen LogP contribution in [0, 0.1) is 19.8 Å². The lowest BCUT2D eigenvalue weighted by molar-refractivity contribution is 0.155. The highest BCUT2D eigenvalue weighted by atomic mass is 32.2. The van der Waals surface area contributed by atoms with Gasteiger partial charge in [0.1, 0.15) is 0 Å². The van der Waals surface area contributed by atoms with E-state index in [0.717, 1.165) is 24.0 Å². The molecule has 1 saturated carbocycles. The van der Waals surface area contributed by atoms with E-state index in [1.807, 2.05) is 13.8 Å². The van der Waals surface area contributed by atoms with Crippen LogP contribution in [0.4, 0.5) is 5.69 Å². The molecule has 0 amide bonds. The third-order valence-corrected chi connectivity index (χ3v) is 5.04. The molecular formula is C13H20N2O3S. The number of aryl methyl sites for hydroxylation is 1. The Morgan fingerprint density at radius 1 is 1.42 bits per heavy atom. The zero-order chi connectivity index (χ0) is 14.2. The number of nitrogens with one attached hydrogen (secondary N) is 1. The highest BCUT2D eigenvalue weighted by molar-refractivity contribution is 7.89. The van der Waals surface area contributed by atoms with E-state index in [-0.39, 0.29) is 17.4 Å². The number of nitrogen functional groups attached to an aromatic ring is 1. The van der Waals surface area contributed by atoms with E-state index in [2.05, 4.69) is 4.72 Å². The van der Waals surface area contributed by atoms with Crippen LogP contribution in [0.5, 0.6) is 0 Å². The van der Waals surface area contributed by atoms with Crippen LogP contribution in [0.3, 0.4) is 0 Å². The Morgan fingerprint density at radius 2 is 2.05 bits per heavy atom. The second-order valence-corrected chi connectivity index (χ2v) is 6.98. The first-order valence-corrected chi connectivity index (χ1v) is 7.84. The molecule has 0 radical (unpaired) electrons. The molecule has 1 unspecified atom stereocenters. The summed E-state index contributed by atoms with van der Waals surface area (Å²) < 4.78 is 26.7. The van der Waals surface area contributed by atoms with E-state index in [1.165, 1.54) is 6.07 Å². The van der Waals surface area contributed by atoms with Crippen LogP contribution in [0.25, 0.3) is 0 Å². The molecule has 1 aliphatic carbocycles. The summed E-state index contributed by atoms with van der Waals surface area (Å²) in [7, 11) is -3.61. The average Bonchev–Trinajstić information content (AvgIpc) is 3.16. The Bertz CT molecular complexity index is 557. The quantitative estimate of drug-likeness (QED) is 0.701. The molecule has 0 spiro atoms. The van der Waals surface area contributed by atoms with Gasteiger partial charge >= 0.3 is 0 Å². The topological polar surface area (TPSA) is 92.4 Å². The van der Waals surface area contributed by atoms with Gasteiger partial charge in [-0.25, -0.2) is 13.1 Å². The highest BCUT2D eigenvalue weighted by Gasteiger charge is 2.30. The second kappa shape index (κ2) is 5.11. The summed E-state index contributed by atoms with van der Waals surface area (Å²) >= 11 is 0. The van der Waals surface area contributed by atoms with Crippen LogP contribution in [0.15, 0.2) is 17.0 Å². The normalized spacial score (nSPS) is 17.4. The van der Waals surface area contributed by atoms with Gasteiger partial charge < -0.3 is 10.8 Å².